The van der Waals surface area contributed by atoms with Gasteiger partial charge in [-0.25, -0.2) is 4.79 Å². The third-order valence-electron chi connectivity index (χ3n) is 4.57. The number of carbonyl (C=O) groups excluding carboxylic acids is 3. The van der Waals surface area contributed by atoms with Gasteiger partial charge in [0.25, 0.3) is 0 Å². The minimum absolute atomic E-state index is 0.0900. The van der Waals surface area contributed by atoms with Crippen molar-refractivity contribution in [1.29, 1.82) is 0 Å². The molecule has 0 heterocycles. The second-order valence-electron chi connectivity index (χ2n) is 7.68. The average molecular weight is 446 g/mol. The average Bonchev–Trinajstić information content (AvgIpc) is 2.68. The summed E-state index contributed by atoms with van der Waals surface area (Å²) in [7, 11) is 0. The molecule has 9 N–H and O–H groups in total. The Bertz CT molecular complexity index is 641. The number of hydrogen-bond acceptors (Lipinski definition) is 7. The molecule has 0 spiro atoms. The molecule has 0 saturated heterocycles. The summed E-state index contributed by atoms with van der Waals surface area (Å²) in [6.07, 6.45) is 0.971. The molecule has 0 aromatic rings. The number of rotatable bonds is 15. The largest absolute Gasteiger partial charge is 0.481 e. The van der Waals surface area contributed by atoms with Gasteiger partial charge in [-0.3, -0.25) is 19.2 Å². The molecule has 31 heavy (non-hydrogen) atoms. The van der Waals surface area contributed by atoms with Crippen molar-refractivity contribution < 1.29 is 34.2 Å². The lowest BCUT2D eigenvalue weighted by Gasteiger charge is -2.26. The van der Waals surface area contributed by atoms with E-state index < -0.39 is 53.8 Å². The van der Waals surface area contributed by atoms with Crippen molar-refractivity contribution in [1.82, 2.24) is 16.0 Å². The van der Waals surface area contributed by atoms with Crippen LogP contribution in [0.15, 0.2) is 0 Å². The van der Waals surface area contributed by atoms with E-state index in [0.29, 0.717) is 19.4 Å². The molecule has 4 atom stereocenters. The highest BCUT2D eigenvalue weighted by molar-refractivity contribution is 5.94. The number of aliphatic carboxylic acids is 2. The lowest BCUT2D eigenvalue weighted by molar-refractivity contribution is -0.143. The van der Waals surface area contributed by atoms with E-state index in [1.54, 1.807) is 13.8 Å². The Morgan fingerprint density at radius 1 is 0.839 bits per heavy atom. The minimum atomic E-state index is -1.19. The Balaban J connectivity index is 4.93. The zero-order chi connectivity index (χ0) is 24.1. The highest BCUT2D eigenvalue weighted by Crippen LogP contribution is 2.06. The zero-order valence-corrected chi connectivity index (χ0v) is 18.2. The molecule has 0 saturated carbocycles. The summed E-state index contributed by atoms with van der Waals surface area (Å²) >= 11 is 0. The van der Waals surface area contributed by atoms with Crippen molar-refractivity contribution in [3.05, 3.63) is 0 Å². The van der Waals surface area contributed by atoms with E-state index in [4.69, 9.17) is 16.6 Å². The van der Waals surface area contributed by atoms with Gasteiger partial charge in [0.2, 0.25) is 17.7 Å². The number of nitrogens with one attached hydrogen (secondary N) is 3. The fraction of sp³-hybridized carbons (Fsp3) is 0.737. The fourth-order valence-corrected chi connectivity index (χ4v) is 2.62. The summed E-state index contributed by atoms with van der Waals surface area (Å²) in [6.45, 7) is 5.16. The monoisotopic (exact) mass is 445 g/mol. The summed E-state index contributed by atoms with van der Waals surface area (Å²) in [5, 5.41) is 25.3. The van der Waals surface area contributed by atoms with Gasteiger partial charge in [0.05, 0.1) is 6.04 Å². The quantitative estimate of drug-likeness (QED) is 0.146. The van der Waals surface area contributed by atoms with Crippen LogP contribution in [-0.4, -0.2) is 70.6 Å². The number of carboxylic acids is 2. The van der Waals surface area contributed by atoms with Gasteiger partial charge < -0.3 is 37.6 Å². The lowest BCUT2D eigenvalue weighted by Crippen LogP contribution is -2.57. The molecule has 0 fully saturated rings. The third kappa shape index (κ3) is 11.3. The molecule has 4 unspecified atom stereocenters. The first-order valence-corrected chi connectivity index (χ1v) is 10.2. The Labute approximate surface area is 181 Å². The maximum absolute atomic E-state index is 12.6. The Kier molecular flexibility index (Phi) is 13.0. The van der Waals surface area contributed by atoms with Gasteiger partial charge in [-0.1, -0.05) is 13.8 Å². The summed E-state index contributed by atoms with van der Waals surface area (Å²) < 4.78 is 0. The van der Waals surface area contributed by atoms with Crippen molar-refractivity contribution in [2.24, 2.45) is 17.4 Å². The van der Waals surface area contributed by atoms with Crippen LogP contribution >= 0.6 is 0 Å². The first kappa shape index (κ1) is 28.3. The van der Waals surface area contributed by atoms with E-state index >= 15 is 0 Å². The van der Waals surface area contributed by atoms with Gasteiger partial charge >= 0.3 is 11.9 Å². The maximum atomic E-state index is 12.6. The van der Waals surface area contributed by atoms with Crippen molar-refractivity contribution in [3.63, 3.8) is 0 Å². The first-order chi connectivity index (χ1) is 14.4. The topological polar surface area (TPSA) is 214 Å². The lowest BCUT2D eigenvalue weighted by atomic mass is 10.0. The number of carbonyl (C=O) groups is 5. The Morgan fingerprint density at radius 2 is 1.45 bits per heavy atom. The SMILES string of the molecule is CC(NC(=O)C(N)CCC(=O)O)C(=O)NC(C(=O)NC(CCCCN)C(=O)O)C(C)C. The number of amides is 3. The van der Waals surface area contributed by atoms with Crippen molar-refractivity contribution >= 4 is 29.7 Å². The summed E-state index contributed by atoms with van der Waals surface area (Å²) in [5.74, 6) is -4.65. The molecule has 12 nitrogen and oxygen atoms in total. The summed E-state index contributed by atoms with van der Waals surface area (Å²) in [5.41, 5.74) is 11.0. The van der Waals surface area contributed by atoms with Gasteiger partial charge in [0, 0.05) is 6.42 Å². The van der Waals surface area contributed by atoms with Crippen LogP contribution in [0.3, 0.4) is 0 Å². The Hall–Kier alpha value is -2.73. The maximum Gasteiger partial charge on any atom is 0.326 e. The second-order valence-corrected chi connectivity index (χ2v) is 7.68. The van der Waals surface area contributed by atoms with Crippen molar-refractivity contribution in [2.45, 2.75) is 77.0 Å². The van der Waals surface area contributed by atoms with Crippen LogP contribution in [0, 0.1) is 5.92 Å². The molecule has 0 aromatic heterocycles. The van der Waals surface area contributed by atoms with Crippen LogP contribution < -0.4 is 27.4 Å². The van der Waals surface area contributed by atoms with Gasteiger partial charge in [-0.05, 0) is 45.1 Å². The normalized spacial score (nSPS) is 14.8. The van der Waals surface area contributed by atoms with E-state index in [2.05, 4.69) is 16.0 Å². The summed E-state index contributed by atoms with van der Waals surface area (Å²) in [6, 6.07) is -4.27. The molecular formula is C19H35N5O7. The number of nitrogens with two attached hydrogens (primary N) is 2. The van der Waals surface area contributed by atoms with Crippen LogP contribution in [0.5, 0.6) is 0 Å². The van der Waals surface area contributed by atoms with Crippen LogP contribution in [0.25, 0.3) is 0 Å². The fourth-order valence-electron chi connectivity index (χ4n) is 2.62. The smallest absolute Gasteiger partial charge is 0.326 e. The Morgan fingerprint density at radius 3 is 1.94 bits per heavy atom. The number of unbranched alkanes of at least 4 members (excludes halogenated alkanes) is 1. The van der Waals surface area contributed by atoms with E-state index in [-0.39, 0.29) is 25.2 Å². The minimum Gasteiger partial charge on any atom is -0.481 e. The van der Waals surface area contributed by atoms with Crippen molar-refractivity contribution in [3.8, 4) is 0 Å². The standard InChI is InChI=1S/C19H35N5O7/c1-10(2)15(18(29)23-13(19(30)31)6-4-5-9-20)24-16(27)11(3)22-17(28)12(21)7-8-14(25)26/h10-13,15H,4-9,20-21H2,1-3H3,(H,22,28)(H,23,29)(H,24,27)(H,25,26)(H,30,31). The molecule has 0 aromatic carbocycles. The third-order valence-corrected chi connectivity index (χ3v) is 4.57. The number of hydrogen-bond donors (Lipinski definition) is 7. The van der Waals surface area contributed by atoms with E-state index in [1.807, 2.05) is 0 Å². The molecule has 0 aliphatic carbocycles. The highest BCUT2D eigenvalue weighted by atomic mass is 16.4. The predicted octanol–water partition coefficient (Wildman–Crippen LogP) is -1.48. The zero-order valence-electron chi connectivity index (χ0n) is 18.2. The molecular weight excluding hydrogens is 410 g/mol. The number of carboxylic acid groups (broad SMARTS) is 2. The molecule has 0 rings (SSSR count). The van der Waals surface area contributed by atoms with E-state index in [1.165, 1.54) is 6.92 Å². The van der Waals surface area contributed by atoms with Crippen LogP contribution in [0.1, 0.15) is 52.9 Å². The van der Waals surface area contributed by atoms with Gasteiger partial charge in [0.1, 0.15) is 18.1 Å². The van der Waals surface area contributed by atoms with E-state index in [0.717, 1.165) is 0 Å². The summed E-state index contributed by atoms with van der Waals surface area (Å²) in [4.78, 5) is 59.0. The highest BCUT2D eigenvalue weighted by Gasteiger charge is 2.30. The molecule has 178 valence electrons. The van der Waals surface area contributed by atoms with Crippen molar-refractivity contribution in [2.75, 3.05) is 6.54 Å². The van der Waals surface area contributed by atoms with Gasteiger partial charge in [-0.2, -0.15) is 0 Å². The van der Waals surface area contributed by atoms with Gasteiger partial charge in [0.15, 0.2) is 0 Å². The molecule has 0 aliphatic heterocycles. The molecule has 3 amide bonds. The molecule has 0 radical (unpaired) electrons. The first-order valence-electron chi connectivity index (χ1n) is 10.2. The molecule has 0 bridgehead atoms. The molecule has 0 aliphatic rings. The second kappa shape index (κ2) is 14.3. The van der Waals surface area contributed by atoms with Gasteiger partial charge in [-0.15, -0.1) is 0 Å². The predicted molar refractivity (Wildman–Crippen MR) is 112 cm³/mol. The van der Waals surface area contributed by atoms with Crippen LogP contribution in [0.2, 0.25) is 0 Å². The van der Waals surface area contributed by atoms with Crippen LogP contribution in [-0.2, 0) is 24.0 Å². The van der Waals surface area contributed by atoms with Crippen LogP contribution in [0.4, 0.5) is 0 Å². The van der Waals surface area contributed by atoms with E-state index in [9.17, 15) is 29.1 Å². The molecule has 12 heteroatoms.